The van der Waals surface area contributed by atoms with Crippen LogP contribution < -0.4 is 0 Å². The van der Waals surface area contributed by atoms with Crippen LogP contribution in [0.4, 0.5) is 0 Å². The second-order valence-electron chi connectivity index (χ2n) is 8.48. The van der Waals surface area contributed by atoms with Crippen LogP contribution in [0.25, 0.3) is 0 Å². The Morgan fingerprint density at radius 2 is 2.05 bits per heavy atom. The highest BCUT2D eigenvalue weighted by Gasteiger charge is 2.56. The Morgan fingerprint density at radius 1 is 1.32 bits per heavy atom. The standard InChI is InChI=1S/C20H30Br2/c1-13(2)15-6-5-7-16-18-14(3)8-9-17(22)19(18,4)10-11-20(15,16)12-21/h5,7,13,15-17H,6,8-12H2,1-4H3/t15-,16-,17-,19+,20-/m0/s1. The molecule has 0 nitrogen and oxygen atoms in total. The molecule has 0 amide bonds. The Balaban J connectivity index is 2.13. The molecule has 22 heavy (non-hydrogen) atoms. The van der Waals surface area contributed by atoms with Gasteiger partial charge in [0.05, 0.1) is 0 Å². The number of hydrogen-bond donors (Lipinski definition) is 0. The zero-order valence-corrected chi connectivity index (χ0v) is 17.6. The summed E-state index contributed by atoms with van der Waals surface area (Å²) in [6.45, 7) is 9.78. The maximum atomic E-state index is 4.04. The van der Waals surface area contributed by atoms with Crippen LogP contribution in [0.15, 0.2) is 23.3 Å². The van der Waals surface area contributed by atoms with Crippen LogP contribution in [0, 0.1) is 28.6 Å². The van der Waals surface area contributed by atoms with Crippen LogP contribution in [-0.2, 0) is 0 Å². The Morgan fingerprint density at radius 3 is 2.68 bits per heavy atom. The summed E-state index contributed by atoms with van der Waals surface area (Å²) in [5.74, 6) is 2.22. The maximum Gasteiger partial charge on any atom is 0.0240 e. The molecule has 0 N–H and O–H groups in total. The molecule has 3 aliphatic carbocycles. The molecule has 5 atom stereocenters. The van der Waals surface area contributed by atoms with E-state index in [0.717, 1.165) is 17.2 Å². The van der Waals surface area contributed by atoms with Gasteiger partial charge in [-0.1, -0.05) is 75.9 Å². The molecule has 0 spiro atoms. The lowest BCUT2D eigenvalue weighted by atomic mass is 9.47. The van der Waals surface area contributed by atoms with Crippen LogP contribution in [0.2, 0.25) is 0 Å². The highest BCUT2D eigenvalue weighted by atomic mass is 79.9. The molecule has 0 aromatic heterocycles. The molecule has 0 aromatic rings. The average Bonchev–Trinajstić information content (AvgIpc) is 2.50. The zero-order chi connectivity index (χ0) is 16.1. The summed E-state index contributed by atoms with van der Waals surface area (Å²) < 4.78 is 0. The average molecular weight is 430 g/mol. The molecular weight excluding hydrogens is 400 g/mol. The lowest BCUT2D eigenvalue weighted by molar-refractivity contribution is 0.0281. The van der Waals surface area contributed by atoms with Gasteiger partial charge in [0.2, 0.25) is 0 Å². The van der Waals surface area contributed by atoms with E-state index < -0.39 is 0 Å². The normalized spacial score (nSPS) is 45.0. The van der Waals surface area contributed by atoms with Gasteiger partial charge in [-0.2, -0.15) is 0 Å². The van der Waals surface area contributed by atoms with E-state index in [0.29, 0.717) is 21.6 Å². The predicted octanol–water partition coefficient (Wildman–Crippen LogP) is 6.89. The molecule has 0 unspecified atom stereocenters. The molecule has 124 valence electrons. The molecule has 1 fully saturated rings. The monoisotopic (exact) mass is 428 g/mol. The minimum absolute atomic E-state index is 0.363. The lowest BCUT2D eigenvalue weighted by Crippen LogP contribution is -2.53. The fourth-order valence-electron chi connectivity index (χ4n) is 5.78. The summed E-state index contributed by atoms with van der Waals surface area (Å²) in [7, 11) is 0. The molecule has 1 saturated carbocycles. The van der Waals surface area contributed by atoms with Crippen molar-refractivity contribution in [2.75, 3.05) is 5.33 Å². The summed E-state index contributed by atoms with van der Waals surface area (Å²) in [6.07, 6.45) is 11.6. The second-order valence-corrected chi connectivity index (χ2v) is 10.1. The number of halogens is 2. The highest BCUT2D eigenvalue weighted by molar-refractivity contribution is 9.09. The van der Waals surface area contributed by atoms with Crippen molar-refractivity contribution in [2.45, 2.75) is 64.6 Å². The molecule has 3 aliphatic rings. The lowest BCUT2D eigenvalue weighted by Gasteiger charge is -2.59. The first-order chi connectivity index (χ1) is 10.4. The van der Waals surface area contributed by atoms with Gasteiger partial charge in [-0.25, -0.2) is 0 Å². The van der Waals surface area contributed by atoms with Crippen molar-refractivity contribution >= 4 is 31.9 Å². The number of alkyl halides is 2. The van der Waals surface area contributed by atoms with E-state index in [4.69, 9.17) is 0 Å². The highest BCUT2D eigenvalue weighted by Crippen LogP contribution is 2.64. The summed E-state index contributed by atoms with van der Waals surface area (Å²) in [5, 5.41) is 1.15. The van der Waals surface area contributed by atoms with Gasteiger partial charge < -0.3 is 0 Å². The molecule has 0 aromatic carbocycles. The van der Waals surface area contributed by atoms with Gasteiger partial charge in [0.1, 0.15) is 0 Å². The van der Waals surface area contributed by atoms with Crippen molar-refractivity contribution in [3.63, 3.8) is 0 Å². The minimum atomic E-state index is 0.363. The van der Waals surface area contributed by atoms with E-state index in [2.05, 4.69) is 71.7 Å². The second kappa shape index (κ2) is 6.06. The molecular formula is C20H30Br2. The number of hydrogen-bond acceptors (Lipinski definition) is 0. The molecule has 0 aliphatic heterocycles. The van der Waals surface area contributed by atoms with Gasteiger partial charge in [0, 0.05) is 21.5 Å². The maximum absolute atomic E-state index is 4.04. The van der Waals surface area contributed by atoms with E-state index in [1.807, 2.05) is 0 Å². The van der Waals surface area contributed by atoms with E-state index in [9.17, 15) is 0 Å². The molecule has 3 rings (SSSR count). The van der Waals surface area contributed by atoms with Gasteiger partial charge in [-0.15, -0.1) is 0 Å². The molecule has 0 radical (unpaired) electrons. The van der Waals surface area contributed by atoms with E-state index >= 15 is 0 Å². The zero-order valence-electron chi connectivity index (χ0n) is 14.5. The van der Waals surface area contributed by atoms with Crippen molar-refractivity contribution < 1.29 is 0 Å². The summed E-state index contributed by atoms with van der Waals surface area (Å²) in [5.41, 5.74) is 4.26. The van der Waals surface area contributed by atoms with Crippen LogP contribution >= 0.6 is 31.9 Å². The van der Waals surface area contributed by atoms with E-state index in [-0.39, 0.29) is 0 Å². The molecule has 0 saturated heterocycles. The summed E-state index contributed by atoms with van der Waals surface area (Å²) in [4.78, 5) is 0.653. The Hall–Kier alpha value is 0.440. The minimum Gasteiger partial charge on any atom is -0.0922 e. The Bertz CT molecular complexity index is 504. The SMILES string of the molecule is CC1=C2[C@@H]3C=CC[C@@H](C(C)C)[C@@]3(CBr)CC[C@]2(C)[C@@H](Br)CC1. The van der Waals surface area contributed by atoms with Gasteiger partial charge >= 0.3 is 0 Å². The van der Waals surface area contributed by atoms with Crippen molar-refractivity contribution in [1.29, 1.82) is 0 Å². The molecule has 0 bridgehead atoms. The first-order valence-electron chi connectivity index (χ1n) is 8.93. The fraction of sp³-hybridized carbons (Fsp3) is 0.800. The van der Waals surface area contributed by atoms with Crippen LogP contribution in [0.5, 0.6) is 0 Å². The van der Waals surface area contributed by atoms with Gasteiger partial charge in [0.25, 0.3) is 0 Å². The van der Waals surface area contributed by atoms with E-state index in [1.54, 1.807) is 11.1 Å². The third kappa shape index (κ3) is 2.34. The Kier molecular flexibility index (Phi) is 4.76. The summed E-state index contributed by atoms with van der Waals surface area (Å²) in [6, 6.07) is 0. The third-order valence-electron chi connectivity index (χ3n) is 7.09. The third-order valence-corrected chi connectivity index (χ3v) is 9.60. The van der Waals surface area contributed by atoms with Gasteiger partial charge in [0.15, 0.2) is 0 Å². The van der Waals surface area contributed by atoms with Gasteiger partial charge in [-0.3, -0.25) is 0 Å². The molecule has 0 heterocycles. The number of fused-ring (bicyclic) bond motifs is 3. The van der Waals surface area contributed by atoms with E-state index in [1.165, 1.54) is 32.1 Å². The largest absolute Gasteiger partial charge is 0.0922 e. The fourth-order valence-corrected chi connectivity index (χ4v) is 7.53. The van der Waals surface area contributed by atoms with Crippen molar-refractivity contribution in [3.05, 3.63) is 23.3 Å². The topological polar surface area (TPSA) is 0 Å². The molecule has 2 heteroatoms. The van der Waals surface area contributed by atoms with Crippen LogP contribution in [-0.4, -0.2) is 10.2 Å². The van der Waals surface area contributed by atoms with Gasteiger partial charge in [-0.05, 0) is 56.3 Å². The predicted molar refractivity (Wildman–Crippen MR) is 104 cm³/mol. The van der Waals surface area contributed by atoms with Crippen LogP contribution in [0.3, 0.4) is 0 Å². The Labute approximate surface area is 153 Å². The van der Waals surface area contributed by atoms with Crippen molar-refractivity contribution in [1.82, 2.24) is 0 Å². The van der Waals surface area contributed by atoms with Crippen molar-refractivity contribution in [3.8, 4) is 0 Å². The summed E-state index contributed by atoms with van der Waals surface area (Å²) >= 11 is 8.00. The quantitative estimate of drug-likeness (QED) is 0.331. The first-order valence-corrected chi connectivity index (χ1v) is 11.0. The number of rotatable bonds is 2. The smallest absolute Gasteiger partial charge is 0.0240 e. The van der Waals surface area contributed by atoms with Crippen molar-refractivity contribution in [2.24, 2.45) is 28.6 Å². The number of allylic oxidation sites excluding steroid dienone is 4. The first kappa shape index (κ1) is 17.3. The van der Waals surface area contributed by atoms with Crippen LogP contribution in [0.1, 0.15) is 59.8 Å².